The minimum absolute atomic E-state index is 0.0242. The molecule has 1 aromatic carbocycles. The summed E-state index contributed by atoms with van der Waals surface area (Å²) in [6.45, 7) is 2.32. The lowest BCUT2D eigenvalue weighted by atomic mass is 10.1. The summed E-state index contributed by atoms with van der Waals surface area (Å²) in [5.41, 5.74) is 6.15. The molecule has 1 aromatic rings. The molecule has 0 aliphatic heterocycles. The van der Waals surface area contributed by atoms with Crippen molar-refractivity contribution in [3.05, 3.63) is 17.7 Å². The van der Waals surface area contributed by atoms with E-state index in [-0.39, 0.29) is 30.2 Å². The highest BCUT2D eigenvalue weighted by molar-refractivity contribution is 5.97. The predicted octanol–water partition coefficient (Wildman–Crippen LogP) is 0.969. The van der Waals surface area contributed by atoms with Crippen LogP contribution in [-0.4, -0.2) is 39.2 Å². The molecule has 0 aromatic heterocycles. The van der Waals surface area contributed by atoms with E-state index in [4.69, 9.17) is 19.9 Å². The van der Waals surface area contributed by atoms with Gasteiger partial charge in [-0.3, -0.25) is 4.79 Å². The van der Waals surface area contributed by atoms with E-state index < -0.39 is 5.97 Å². The Morgan fingerprint density at radius 1 is 1.24 bits per heavy atom. The standard InChI is InChI=1S/C14H20N2O5/c1-4-16-12(17)5-6-21-14(18)10-7-9(19-2)8-11(20-3)13(10)15/h7-8H,4-6,15H2,1-3H3,(H,16,17). The summed E-state index contributed by atoms with van der Waals surface area (Å²) in [6, 6.07) is 3.03. The maximum atomic E-state index is 12.0. The summed E-state index contributed by atoms with van der Waals surface area (Å²) >= 11 is 0. The van der Waals surface area contributed by atoms with Gasteiger partial charge in [0.15, 0.2) is 0 Å². The highest BCUT2D eigenvalue weighted by Gasteiger charge is 2.17. The Morgan fingerprint density at radius 3 is 2.52 bits per heavy atom. The van der Waals surface area contributed by atoms with E-state index in [0.29, 0.717) is 18.0 Å². The van der Waals surface area contributed by atoms with Crippen molar-refractivity contribution >= 4 is 17.6 Å². The average Bonchev–Trinajstić information content (AvgIpc) is 2.47. The maximum Gasteiger partial charge on any atom is 0.340 e. The third-order valence-electron chi connectivity index (χ3n) is 2.73. The molecular weight excluding hydrogens is 276 g/mol. The molecule has 116 valence electrons. The summed E-state index contributed by atoms with van der Waals surface area (Å²) in [7, 11) is 2.91. The predicted molar refractivity (Wildman–Crippen MR) is 77.5 cm³/mol. The van der Waals surface area contributed by atoms with Gasteiger partial charge in [-0.15, -0.1) is 0 Å². The van der Waals surface area contributed by atoms with Crippen LogP contribution >= 0.6 is 0 Å². The van der Waals surface area contributed by atoms with Gasteiger partial charge in [0.2, 0.25) is 5.91 Å². The van der Waals surface area contributed by atoms with Crippen LogP contribution in [0.15, 0.2) is 12.1 Å². The van der Waals surface area contributed by atoms with E-state index in [2.05, 4.69) is 5.32 Å². The Kier molecular flexibility index (Phi) is 6.32. The van der Waals surface area contributed by atoms with Crippen LogP contribution in [0.1, 0.15) is 23.7 Å². The van der Waals surface area contributed by atoms with Crippen LogP contribution in [0, 0.1) is 0 Å². The van der Waals surface area contributed by atoms with Crippen LogP contribution < -0.4 is 20.5 Å². The molecule has 0 aliphatic rings. The number of carbonyl (C=O) groups excluding carboxylic acids is 2. The molecule has 21 heavy (non-hydrogen) atoms. The topological polar surface area (TPSA) is 99.9 Å². The van der Waals surface area contributed by atoms with Crippen molar-refractivity contribution in [2.24, 2.45) is 0 Å². The Hall–Kier alpha value is -2.44. The second kappa shape index (κ2) is 7.98. The third kappa shape index (κ3) is 4.55. The van der Waals surface area contributed by atoms with Gasteiger partial charge in [-0.25, -0.2) is 4.79 Å². The van der Waals surface area contributed by atoms with Gasteiger partial charge in [0.05, 0.1) is 31.9 Å². The largest absolute Gasteiger partial charge is 0.497 e. The second-order valence-corrected chi connectivity index (χ2v) is 4.13. The first-order valence-corrected chi connectivity index (χ1v) is 6.48. The number of hydrogen-bond donors (Lipinski definition) is 2. The van der Waals surface area contributed by atoms with Crippen molar-refractivity contribution in [3.63, 3.8) is 0 Å². The highest BCUT2D eigenvalue weighted by Crippen LogP contribution is 2.31. The van der Waals surface area contributed by atoms with Crippen molar-refractivity contribution in [2.45, 2.75) is 13.3 Å². The summed E-state index contributed by atoms with van der Waals surface area (Å²) in [6.07, 6.45) is 0.0978. The van der Waals surface area contributed by atoms with Gasteiger partial charge in [-0.05, 0) is 13.0 Å². The van der Waals surface area contributed by atoms with E-state index in [1.165, 1.54) is 20.3 Å². The molecule has 0 unspecified atom stereocenters. The van der Waals surface area contributed by atoms with Crippen molar-refractivity contribution in [2.75, 3.05) is 33.1 Å². The number of carbonyl (C=O) groups is 2. The zero-order chi connectivity index (χ0) is 15.8. The fraction of sp³-hybridized carbons (Fsp3) is 0.429. The first kappa shape index (κ1) is 16.6. The fourth-order valence-electron chi connectivity index (χ4n) is 1.66. The van der Waals surface area contributed by atoms with Crippen molar-refractivity contribution < 1.29 is 23.8 Å². The number of esters is 1. The second-order valence-electron chi connectivity index (χ2n) is 4.13. The van der Waals surface area contributed by atoms with Crippen molar-refractivity contribution in [3.8, 4) is 11.5 Å². The Morgan fingerprint density at radius 2 is 1.95 bits per heavy atom. The summed E-state index contributed by atoms with van der Waals surface area (Å²) < 4.78 is 15.2. The van der Waals surface area contributed by atoms with E-state index in [1.807, 2.05) is 6.92 Å². The fourth-order valence-corrected chi connectivity index (χ4v) is 1.66. The molecule has 0 saturated carbocycles. The molecule has 7 heteroatoms. The van der Waals surface area contributed by atoms with Gasteiger partial charge < -0.3 is 25.3 Å². The minimum atomic E-state index is -0.631. The van der Waals surface area contributed by atoms with Crippen LogP contribution in [-0.2, 0) is 9.53 Å². The minimum Gasteiger partial charge on any atom is -0.497 e. The Bertz CT molecular complexity index is 516. The number of anilines is 1. The molecule has 1 amide bonds. The quantitative estimate of drug-likeness (QED) is 0.574. The van der Waals surface area contributed by atoms with Crippen LogP contribution in [0.2, 0.25) is 0 Å². The van der Waals surface area contributed by atoms with Gasteiger partial charge in [0.1, 0.15) is 18.1 Å². The zero-order valence-corrected chi connectivity index (χ0v) is 12.4. The first-order chi connectivity index (χ1) is 10.0. The zero-order valence-electron chi connectivity index (χ0n) is 12.4. The van der Waals surface area contributed by atoms with Crippen LogP contribution in [0.25, 0.3) is 0 Å². The van der Waals surface area contributed by atoms with Gasteiger partial charge >= 0.3 is 5.97 Å². The molecule has 0 fully saturated rings. The normalized spacial score (nSPS) is 9.86. The Labute approximate surface area is 123 Å². The van der Waals surface area contributed by atoms with E-state index in [0.717, 1.165) is 0 Å². The van der Waals surface area contributed by atoms with E-state index >= 15 is 0 Å². The lowest BCUT2D eigenvalue weighted by molar-refractivity contribution is -0.121. The van der Waals surface area contributed by atoms with Crippen LogP contribution in [0.4, 0.5) is 5.69 Å². The summed E-state index contributed by atoms with van der Waals surface area (Å²) in [5, 5.41) is 2.61. The van der Waals surface area contributed by atoms with Gasteiger partial charge in [0.25, 0.3) is 0 Å². The number of methoxy groups -OCH3 is 2. The van der Waals surface area contributed by atoms with Crippen LogP contribution in [0.5, 0.6) is 11.5 Å². The van der Waals surface area contributed by atoms with Crippen molar-refractivity contribution in [1.82, 2.24) is 5.32 Å². The number of nitrogens with one attached hydrogen (secondary N) is 1. The van der Waals surface area contributed by atoms with Gasteiger partial charge in [-0.1, -0.05) is 0 Å². The summed E-state index contributed by atoms with van der Waals surface area (Å²) in [5.74, 6) is -0.0581. The monoisotopic (exact) mass is 296 g/mol. The number of rotatable bonds is 7. The van der Waals surface area contributed by atoms with Crippen molar-refractivity contribution in [1.29, 1.82) is 0 Å². The molecule has 1 rings (SSSR count). The lowest BCUT2D eigenvalue weighted by Gasteiger charge is -2.12. The molecule has 0 bridgehead atoms. The molecular formula is C14H20N2O5. The summed E-state index contributed by atoms with van der Waals surface area (Å²) in [4.78, 5) is 23.3. The average molecular weight is 296 g/mol. The smallest absolute Gasteiger partial charge is 0.340 e. The van der Waals surface area contributed by atoms with Gasteiger partial charge in [0, 0.05) is 12.6 Å². The Balaban J connectivity index is 2.75. The number of benzene rings is 1. The van der Waals surface area contributed by atoms with E-state index in [9.17, 15) is 9.59 Å². The maximum absolute atomic E-state index is 12.0. The van der Waals surface area contributed by atoms with Crippen LogP contribution in [0.3, 0.4) is 0 Å². The molecule has 0 aliphatic carbocycles. The number of amides is 1. The molecule has 0 radical (unpaired) electrons. The molecule has 3 N–H and O–H groups in total. The number of nitrogen functional groups attached to an aromatic ring is 1. The molecule has 0 heterocycles. The number of hydrogen-bond acceptors (Lipinski definition) is 6. The van der Waals surface area contributed by atoms with E-state index in [1.54, 1.807) is 6.07 Å². The molecule has 0 atom stereocenters. The van der Waals surface area contributed by atoms with Gasteiger partial charge in [-0.2, -0.15) is 0 Å². The molecule has 0 saturated heterocycles. The number of ether oxygens (including phenoxy) is 3. The number of nitrogens with two attached hydrogens (primary N) is 1. The first-order valence-electron chi connectivity index (χ1n) is 6.48. The lowest BCUT2D eigenvalue weighted by Crippen LogP contribution is -2.24. The molecule has 0 spiro atoms. The SMILES string of the molecule is CCNC(=O)CCOC(=O)c1cc(OC)cc(OC)c1N. The highest BCUT2D eigenvalue weighted by atomic mass is 16.5. The molecule has 7 nitrogen and oxygen atoms in total. The third-order valence-corrected chi connectivity index (χ3v) is 2.73.